The maximum absolute atomic E-state index is 13.2. The first-order chi connectivity index (χ1) is 14.5. The summed E-state index contributed by atoms with van der Waals surface area (Å²) >= 11 is 6.19. The van der Waals surface area contributed by atoms with Crippen LogP contribution >= 0.6 is 11.6 Å². The maximum atomic E-state index is 13.2. The Morgan fingerprint density at radius 3 is 2.57 bits per heavy atom. The summed E-state index contributed by atoms with van der Waals surface area (Å²) in [7, 11) is 1.54. The zero-order chi connectivity index (χ0) is 21.1. The Kier molecular flexibility index (Phi) is 5.59. The van der Waals surface area contributed by atoms with Crippen LogP contribution < -0.4 is 15.4 Å². The summed E-state index contributed by atoms with van der Waals surface area (Å²) in [5.74, 6) is 0.915. The first-order valence-electron chi connectivity index (χ1n) is 9.36. The molecule has 0 saturated carbocycles. The highest BCUT2D eigenvalue weighted by molar-refractivity contribution is 6.32. The zero-order valence-electron chi connectivity index (χ0n) is 16.5. The molecule has 0 radical (unpaired) electrons. The van der Waals surface area contributed by atoms with Crippen molar-refractivity contribution in [1.29, 1.82) is 0 Å². The Hall–Kier alpha value is -3.51. The van der Waals surface area contributed by atoms with Gasteiger partial charge in [-0.1, -0.05) is 41.9 Å². The van der Waals surface area contributed by atoms with Gasteiger partial charge < -0.3 is 19.8 Å². The van der Waals surface area contributed by atoms with Crippen LogP contribution in [0, 0.1) is 6.92 Å². The molecule has 0 saturated heterocycles. The predicted molar refractivity (Wildman–Crippen MR) is 118 cm³/mol. The fourth-order valence-electron chi connectivity index (χ4n) is 3.20. The van der Waals surface area contributed by atoms with E-state index in [1.165, 1.54) is 0 Å². The molecule has 1 heterocycles. The van der Waals surface area contributed by atoms with Gasteiger partial charge in [0.2, 0.25) is 0 Å². The van der Waals surface area contributed by atoms with Gasteiger partial charge in [-0.15, -0.1) is 0 Å². The molecule has 2 N–H and O–H groups in total. The Morgan fingerprint density at radius 2 is 1.83 bits per heavy atom. The predicted octanol–water partition coefficient (Wildman–Crippen LogP) is 5.59. The maximum Gasteiger partial charge on any atom is 0.251 e. The van der Waals surface area contributed by atoms with Gasteiger partial charge in [-0.25, -0.2) is 4.98 Å². The van der Waals surface area contributed by atoms with Crippen LogP contribution in [-0.4, -0.2) is 18.0 Å². The van der Waals surface area contributed by atoms with Gasteiger partial charge in [-0.05, 0) is 42.0 Å². The Balaban J connectivity index is 1.62. The summed E-state index contributed by atoms with van der Waals surface area (Å²) in [5, 5.41) is 6.64. The Morgan fingerprint density at radius 1 is 1.07 bits per heavy atom. The summed E-state index contributed by atoms with van der Waals surface area (Å²) in [5.41, 5.74) is 3.59. The molecule has 1 aromatic heterocycles. The molecule has 0 aliphatic heterocycles. The highest BCUT2D eigenvalue weighted by Crippen LogP contribution is 2.29. The normalized spacial score (nSPS) is 11.8. The van der Waals surface area contributed by atoms with E-state index >= 15 is 0 Å². The molecular weight excluding hydrogens is 402 g/mol. The van der Waals surface area contributed by atoms with E-state index in [0.29, 0.717) is 27.9 Å². The average Bonchev–Trinajstić information content (AvgIpc) is 3.12. The van der Waals surface area contributed by atoms with Gasteiger partial charge in [0.15, 0.2) is 11.5 Å². The Bertz CT molecular complexity index is 1190. The lowest BCUT2D eigenvalue weighted by Crippen LogP contribution is -2.27. The summed E-state index contributed by atoms with van der Waals surface area (Å²) in [6, 6.07) is 19.5. The van der Waals surface area contributed by atoms with E-state index in [2.05, 4.69) is 15.6 Å². The molecule has 0 aliphatic rings. The molecular formula is C23H20ClN3O3. The third-order valence-electron chi connectivity index (χ3n) is 4.62. The third kappa shape index (κ3) is 4.23. The van der Waals surface area contributed by atoms with E-state index in [0.717, 1.165) is 16.8 Å². The van der Waals surface area contributed by atoms with Gasteiger partial charge in [0.25, 0.3) is 5.91 Å². The molecule has 3 aromatic carbocycles. The molecule has 6 nitrogen and oxygen atoms in total. The quantitative estimate of drug-likeness (QED) is 0.424. The SMILES string of the molecule is COc1ccc(NC(=O)C(Nc2ccc3oc(C)nc3c2)c2ccccc2)cc1Cl. The number of anilines is 2. The summed E-state index contributed by atoms with van der Waals surface area (Å²) < 4.78 is 10.7. The van der Waals surface area contributed by atoms with E-state index in [4.69, 9.17) is 20.8 Å². The topological polar surface area (TPSA) is 76.4 Å². The number of carbonyl (C=O) groups is 1. The van der Waals surface area contributed by atoms with Gasteiger partial charge in [0, 0.05) is 18.3 Å². The van der Waals surface area contributed by atoms with Crippen molar-refractivity contribution in [2.75, 3.05) is 17.7 Å². The molecule has 4 rings (SSSR count). The Labute approximate surface area is 178 Å². The van der Waals surface area contributed by atoms with Crippen LogP contribution in [0.25, 0.3) is 11.1 Å². The largest absolute Gasteiger partial charge is 0.495 e. The number of hydrogen-bond donors (Lipinski definition) is 2. The van der Waals surface area contributed by atoms with Crippen molar-refractivity contribution in [1.82, 2.24) is 4.98 Å². The lowest BCUT2D eigenvalue weighted by Gasteiger charge is -2.20. The lowest BCUT2D eigenvalue weighted by atomic mass is 10.1. The smallest absolute Gasteiger partial charge is 0.251 e. The molecule has 152 valence electrons. The lowest BCUT2D eigenvalue weighted by molar-refractivity contribution is -0.117. The second-order valence-electron chi connectivity index (χ2n) is 6.74. The van der Waals surface area contributed by atoms with Gasteiger partial charge in [0.1, 0.15) is 17.3 Å². The van der Waals surface area contributed by atoms with Crippen LogP contribution in [0.15, 0.2) is 71.1 Å². The van der Waals surface area contributed by atoms with Crippen LogP contribution in [0.2, 0.25) is 5.02 Å². The van der Waals surface area contributed by atoms with Gasteiger partial charge in [-0.3, -0.25) is 4.79 Å². The van der Waals surface area contributed by atoms with Crippen LogP contribution in [0.1, 0.15) is 17.5 Å². The number of fused-ring (bicyclic) bond motifs is 1. The standard InChI is InChI=1S/C23H20ClN3O3/c1-14-25-19-13-17(9-11-21(19)30-14)26-22(15-6-4-3-5-7-15)23(28)27-16-8-10-20(29-2)18(24)12-16/h3-13,22,26H,1-2H3,(H,27,28). The van der Waals surface area contributed by atoms with E-state index in [-0.39, 0.29) is 5.91 Å². The number of methoxy groups -OCH3 is 1. The zero-order valence-corrected chi connectivity index (χ0v) is 17.2. The number of nitrogens with zero attached hydrogens (tertiary/aromatic N) is 1. The van der Waals surface area contributed by atoms with Crippen LogP contribution in [0.4, 0.5) is 11.4 Å². The van der Waals surface area contributed by atoms with E-state index in [9.17, 15) is 4.79 Å². The summed E-state index contributed by atoms with van der Waals surface area (Å²) in [6.45, 7) is 1.80. The molecule has 1 atom stereocenters. The summed E-state index contributed by atoms with van der Waals surface area (Å²) in [6.07, 6.45) is 0. The van der Waals surface area contributed by atoms with Crippen LogP contribution in [0.3, 0.4) is 0 Å². The molecule has 30 heavy (non-hydrogen) atoms. The second kappa shape index (κ2) is 8.47. The number of benzene rings is 3. The van der Waals surface area contributed by atoms with E-state index in [1.807, 2.05) is 48.5 Å². The average molecular weight is 422 g/mol. The van der Waals surface area contributed by atoms with E-state index < -0.39 is 6.04 Å². The fraction of sp³-hybridized carbons (Fsp3) is 0.130. The molecule has 1 unspecified atom stereocenters. The van der Waals surface area contributed by atoms with Crippen molar-refractivity contribution < 1.29 is 13.9 Å². The number of rotatable bonds is 6. The van der Waals surface area contributed by atoms with Gasteiger partial charge >= 0.3 is 0 Å². The number of aryl methyl sites for hydroxylation is 1. The molecule has 0 spiro atoms. The van der Waals surface area contributed by atoms with E-state index in [1.54, 1.807) is 32.2 Å². The van der Waals surface area contributed by atoms with Crippen molar-refractivity contribution in [3.8, 4) is 5.75 Å². The number of aromatic nitrogens is 1. The second-order valence-corrected chi connectivity index (χ2v) is 7.15. The van der Waals surface area contributed by atoms with Crippen molar-refractivity contribution in [3.63, 3.8) is 0 Å². The minimum Gasteiger partial charge on any atom is -0.495 e. The minimum atomic E-state index is -0.627. The molecule has 1 amide bonds. The van der Waals surface area contributed by atoms with Gasteiger partial charge in [-0.2, -0.15) is 0 Å². The number of oxazole rings is 1. The number of hydrogen-bond acceptors (Lipinski definition) is 5. The van der Waals surface area contributed by atoms with Crippen molar-refractivity contribution >= 4 is 40.0 Å². The first kappa shape index (κ1) is 19.8. The minimum absolute atomic E-state index is 0.223. The number of amides is 1. The molecule has 0 fully saturated rings. The van der Waals surface area contributed by atoms with Crippen molar-refractivity contribution in [2.24, 2.45) is 0 Å². The molecule has 0 bridgehead atoms. The van der Waals surface area contributed by atoms with Crippen molar-refractivity contribution in [3.05, 3.63) is 83.2 Å². The third-order valence-corrected chi connectivity index (χ3v) is 4.92. The highest BCUT2D eigenvalue weighted by atomic mass is 35.5. The number of halogens is 1. The van der Waals surface area contributed by atoms with Gasteiger partial charge in [0.05, 0.1) is 12.1 Å². The number of nitrogens with one attached hydrogen (secondary N) is 2. The number of carbonyl (C=O) groups excluding carboxylic acids is 1. The monoisotopic (exact) mass is 421 g/mol. The molecule has 7 heteroatoms. The molecule has 4 aromatic rings. The highest BCUT2D eigenvalue weighted by Gasteiger charge is 2.21. The fourth-order valence-corrected chi connectivity index (χ4v) is 3.46. The van der Waals surface area contributed by atoms with Crippen LogP contribution in [-0.2, 0) is 4.79 Å². The first-order valence-corrected chi connectivity index (χ1v) is 9.74. The van der Waals surface area contributed by atoms with Crippen molar-refractivity contribution in [2.45, 2.75) is 13.0 Å². The van der Waals surface area contributed by atoms with Crippen LogP contribution in [0.5, 0.6) is 5.75 Å². The number of ether oxygens (including phenoxy) is 1. The molecule has 0 aliphatic carbocycles. The summed E-state index contributed by atoms with van der Waals surface area (Å²) in [4.78, 5) is 17.5.